The molecule has 0 radical (unpaired) electrons. The van der Waals surface area contributed by atoms with E-state index in [-0.39, 0.29) is 18.0 Å². The van der Waals surface area contributed by atoms with Crippen LogP contribution in [0.3, 0.4) is 0 Å². The van der Waals surface area contributed by atoms with Gasteiger partial charge in [-0.2, -0.15) is 5.10 Å². The van der Waals surface area contributed by atoms with E-state index in [1.807, 2.05) is 28.6 Å². The van der Waals surface area contributed by atoms with Crippen molar-refractivity contribution in [1.82, 2.24) is 30.0 Å². The summed E-state index contributed by atoms with van der Waals surface area (Å²) in [6.45, 7) is 9.23. The number of fused-ring (bicyclic) bond motifs is 1. The van der Waals surface area contributed by atoms with Gasteiger partial charge < -0.3 is 15.3 Å². The Morgan fingerprint density at radius 2 is 1.93 bits per heavy atom. The van der Waals surface area contributed by atoms with Crippen LogP contribution in [0.4, 0.5) is 0 Å². The molecule has 9 nitrogen and oxygen atoms in total. The van der Waals surface area contributed by atoms with E-state index in [2.05, 4.69) is 21.5 Å². The predicted molar refractivity (Wildman–Crippen MR) is 158 cm³/mol. The number of piperidine rings is 1. The molecule has 1 fully saturated rings. The van der Waals surface area contributed by atoms with Crippen molar-refractivity contribution in [3.63, 3.8) is 0 Å². The molecule has 214 valence electrons. The molecule has 1 amide bonds. The fourth-order valence-corrected chi connectivity index (χ4v) is 5.18. The standard InChI is InChI=1S/C24H26Cl2N6O.C5H10O2/c1-15(18-6-5-17(25)12-19(18)26)32-23-22(14-29-32)28-13-21(30-23)16-7-10-31(11-8-16)24(33)20-4-2-3-9-27-20;1-5(2,3)4(6)7/h5-7,12-15,20,27H,2-4,8-11H2,1H3;1-3H3,(H,6,7). The summed E-state index contributed by atoms with van der Waals surface area (Å²) in [6, 6.07) is 5.30. The van der Waals surface area contributed by atoms with E-state index in [0.29, 0.717) is 28.8 Å². The van der Waals surface area contributed by atoms with E-state index >= 15 is 0 Å². The first-order valence-electron chi connectivity index (χ1n) is 13.6. The predicted octanol–water partition coefficient (Wildman–Crippen LogP) is 5.62. The van der Waals surface area contributed by atoms with Gasteiger partial charge in [0.2, 0.25) is 5.91 Å². The number of carboxylic acid groups (broad SMARTS) is 1. The second-order valence-corrected chi connectivity index (χ2v) is 12.1. The summed E-state index contributed by atoms with van der Waals surface area (Å²) < 4.78 is 1.84. The first kappa shape index (κ1) is 30.0. The first-order chi connectivity index (χ1) is 19.0. The Labute approximate surface area is 244 Å². The second-order valence-electron chi connectivity index (χ2n) is 11.2. The first-order valence-corrected chi connectivity index (χ1v) is 14.3. The topological polar surface area (TPSA) is 113 Å². The molecule has 4 heterocycles. The fraction of sp³-hybridized carbons (Fsp3) is 0.483. The number of carbonyl (C=O) groups excluding carboxylic acids is 1. The molecule has 2 aromatic heterocycles. The number of carboxylic acids is 1. The molecule has 2 aliphatic rings. The van der Waals surface area contributed by atoms with E-state index in [1.54, 1.807) is 39.2 Å². The van der Waals surface area contributed by atoms with Gasteiger partial charge in [-0.1, -0.05) is 41.8 Å². The Hall–Kier alpha value is -3.01. The van der Waals surface area contributed by atoms with Crippen molar-refractivity contribution in [3.05, 3.63) is 58.0 Å². The molecular weight excluding hydrogens is 551 g/mol. The third-order valence-corrected chi connectivity index (χ3v) is 7.74. The van der Waals surface area contributed by atoms with Crippen LogP contribution in [0, 0.1) is 5.41 Å². The van der Waals surface area contributed by atoms with Gasteiger partial charge in [-0.15, -0.1) is 0 Å². The van der Waals surface area contributed by atoms with Gasteiger partial charge in [-0.25, -0.2) is 14.6 Å². The molecule has 0 spiro atoms. The zero-order chi connectivity index (χ0) is 29.0. The maximum atomic E-state index is 12.8. The minimum atomic E-state index is -0.757. The molecule has 2 aliphatic heterocycles. The molecule has 2 unspecified atom stereocenters. The average Bonchev–Trinajstić information content (AvgIpc) is 3.36. The van der Waals surface area contributed by atoms with Crippen molar-refractivity contribution in [2.45, 2.75) is 65.5 Å². The number of hydrogen-bond acceptors (Lipinski definition) is 6. The summed E-state index contributed by atoms with van der Waals surface area (Å²) in [7, 11) is 0. The van der Waals surface area contributed by atoms with E-state index < -0.39 is 11.4 Å². The minimum Gasteiger partial charge on any atom is -0.481 e. The molecule has 0 aliphatic carbocycles. The van der Waals surface area contributed by atoms with Crippen molar-refractivity contribution >= 4 is 51.8 Å². The molecule has 40 heavy (non-hydrogen) atoms. The van der Waals surface area contributed by atoms with Crippen LogP contribution in [-0.2, 0) is 9.59 Å². The van der Waals surface area contributed by atoms with Crippen molar-refractivity contribution in [1.29, 1.82) is 0 Å². The number of halogens is 2. The number of rotatable bonds is 4. The Balaban J connectivity index is 0.000000470. The van der Waals surface area contributed by atoms with E-state index in [9.17, 15) is 9.59 Å². The third-order valence-electron chi connectivity index (χ3n) is 7.18. The van der Waals surface area contributed by atoms with Crippen LogP contribution in [0.1, 0.15) is 70.7 Å². The highest BCUT2D eigenvalue weighted by molar-refractivity contribution is 6.35. The highest BCUT2D eigenvalue weighted by Crippen LogP contribution is 2.30. The third kappa shape index (κ3) is 7.00. The second kappa shape index (κ2) is 12.7. The molecule has 0 bridgehead atoms. The SMILES string of the molecule is CC(C)(C)C(=O)O.CC(c1ccc(Cl)cc1Cl)n1ncc2ncc(C3=CCN(C(=O)C4CCCCN4)CC3)nc21. The number of hydrogen-bond donors (Lipinski definition) is 2. The molecule has 1 saturated heterocycles. The van der Waals surface area contributed by atoms with Crippen molar-refractivity contribution < 1.29 is 14.7 Å². The van der Waals surface area contributed by atoms with Crippen molar-refractivity contribution in [2.75, 3.05) is 19.6 Å². The molecule has 5 rings (SSSR count). The van der Waals surface area contributed by atoms with Gasteiger partial charge in [0.05, 0.1) is 35.6 Å². The maximum absolute atomic E-state index is 12.8. The largest absolute Gasteiger partial charge is 0.481 e. The zero-order valence-corrected chi connectivity index (χ0v) is 24.8. The quantitative estimate of drug-likeness (QED) is 0.408. The number of amides is 1. The van der Waals surface area contributed by atoms with Crippen LogP contribution in [0.2, 0.25) is 10.0 Å². The number of benzene rings is 1. The molecule has 2 N–H and O–H groups in total. The van der Waals surface area contributed by atoms with Gasteiger partial charge in [0.1, 0.15) is 5.52 Å². The smallest absolute Gasteiger partial charge is 0.308 e. The van der Waals surface area contributed by atoms with Crippen LogP contribution < -0.4 is 5.32 Å². The molecule has 0 saturated carbocycles. The van der Waals surface area contributed by atoms with Gasteiger partial charge >= 0.3 is 5.97 Å². The lowest BCUT2D eigenvalue weighted by atomic mass is 9.98. The normalized spacial score (nSPS) is 18.5. The van der Waals surface area contributed by atoms with Crippen LogP contribution in [-0.4, -0.2) is 67.3 Å². The Morgan fingerprint density at radius 1 is 1.18 bits per heavy atom. The number of nitrogens with one attached hydrogen (secondary N) is 1. The van der Waals surface area contributed by atoms with Gasteiger partial charge in [-0.3, -0.25) is 9.59 Å². The molecular formula is C29H36Cl2N6O3. The fourth-order valence-electron chi connectivity index (χ4n) is 4.62. The molecule has 2 atom stereocenters. The lowest BCUT2D eigenvalue weighted by Crippen LogP contribution is -2.49. The van der Waals surface area contributed by atoms with Gasteiger partial charge in [0.25, 0.3) is 0 Å². The maximum Gasteiger partial charge on any atom is 0.308 e. The number of aromatic nitrogens is 4. The van der Waals surface area contributed by atoms with Gasteiger partial charge in [0.15, 0.2) is 5.65 Å². The van der Waals surface area contributed by atoms with Crippen molar-refractivity contribution in [2.24, 2.45) is 5.41 Å². The van der Waals surface area contributed by atoms with Crippen LogP contribution in [0.5, 0.6) is 0 Å². The lowest BCUT2D eigenvalue weighted by molar-refractivity contribution is -0.145. The minimum absolute atomic E-state index is 0.0413. The molecule has 3 aromatic rings. The van der Waals surface area contributed by atoms with Crippen LogP contribution in [0.15, 0.2) is 36.7 Å². The van der Waals surface area contributed by atoms with Crippen molar-refractivity contribution in [3.8, 4) is 0 Å². The van der Waals surface area contributed by atoms with Gasteiger partial charge in [-0.05, 0) is 76.8 Å². The summed E-state index contributed by atoms with van der Waals surface area (Å²) in [5.74, 6) is -0.550. The summed E-state index contributed by atoms with van der Waals surface area (Å²) in [5, 5.41) is 17.3. The highest BCUT2D eigenvalue weighted by Gasteiger charge is 2.27. The number of carbonyl (C=O) groups is 2. The number of aliphatic carboxylic acids is 1. The summed E-state index contributed by atoms with van der Waals surface area (Å²) in [5.41, 5.74) is 3.70. The lowest BCUT2D eigenvalue weighted by Gasteiger charge is -2.32. The van der Waals surface area contributed by atoms with E-state index in [1.165, 1.54) is 0 Å². The zero-order valence-electron chi connectivity index (χ0n) is 23.3. The summed E-state index contributed by atoms with van der Waals surface area (Å²) >= 11 is 12.5. The summed E-state index contributed by atoms with van der Waals surface area (Å²) in [4.78, 5) is 34.3. The molecule has 11 heteroatoms. The Morgan fingerprint density at radius 3 is 2.52 bits per heavy atom. The van der Waals surface area contributed by atoms with E-state index in [0.717, 1.165) is 54.6 Å². The summed E-state index contributed by atoms with van der Waals surface area (Å²) in [6.07, 6.45) is 9.55. The Bertz CT molecular complexity index is 1410. The van der Waals surface area contributed by atoms with Gasteiger partial charge in [0, 0.05) is 23.1 Å². The highest BCUT2D eigenvalue weighted by atomic mass is 35.5. The van der Waals surface area contributed by atoms with E-state index in [4.69, 9.17) is 33.3 Å². The number of nitrogens with zero attached hydrogens (tertiary/aromatic N) is 5. The monoisotopic (exact) mass is 586 g/mol. The van der Waals surface area contributed by atoms with Crippen LogP contribution in [0.25, 0.3) is 16.7 Å². The average molecular weight is 588 g/mol. The molecule has 1 aromatic carbocycles. The van der Waals surface area contributed by atoms with Crippen LogP contribution >= 0.6 is 23.2 Å². The Kier molecular flexibility index (Phi) is 9.48.